The monoisotopic (exact) mass is 542 g/mol. The molecule has 1 spiro atoms. The van der Waals surface area contributed by atoms with E-state index in [-0.39, 0.29) is 11.9 Å². The predicted molar refractivity (Wildman–Crippen MR) is 157 cm³/mol. The molecule has 39 heavy (non-hydrogen) atoms. The van der Waals surface area contributed by atoms with Crippen molar-refractivity contribution in [2.45, 2.75) is 44.7 Å². The van der Waals surface area contributed by atoms with E-state index >= 15 is 0 Å². The molecule has 0 unspecified atom stereocenters. The van der Waals surface area contributed by atoms with Gasteiger partial charge in [-0.1, -0.05) is 60.1 Å². The van der Waals surface area contributed by atoms with E-state index < -0.39 is 5.54 Å². The maximum atomic E-state index is 14.0. The van der Waals surface area contributed by atoms with Gasteiger partial charge >= 0.3 is 6.03 Å². The molecule has 0 radical (unpaired) electrons. The van der Waals surface area contributed by atoms with Crippen molar-refractivity contribution in [2.24, 2.45) is 0 Å². The van der Waals surface area contributed by atoms with Gasteiger partial charge in [-0.25, -0.2) is 9.69 Å². The first-order chi connectivity index (χ1) is 19.0. The molecule has 6 rings (SSSR count). The van der Waals surface area contributed by atoms with Crippen LogP contribution in [0.2, 0.25) is 5.02 Å². The Morgan fingerprint density at radius 3 is 2.15 bits per heavy atom. The number of anilines is 2. The van der Waals surface area contributed by atoms with Crippen molar-refractivity contribution in [1.29, 1.82) is 0 Å². The largest absolute Gasteiger partial charge is 0.372 e. The molecule has 3 aromatic carbocycles. The summed E-state index contributed by atoms with van der Waals surface area (Å²) in [6, 6.07) is 24.2. The van der Waals surface area contributed by atoms with E-state index in [0.29, 0.717) is 30.1 Å². The highest BCUT2D eigenvalue weighted by Gasteiger charge is 2.58. The molecule has 0 atom stereocenters. The number of likely N-dealkylation sites (N-methyl/N-ethyl adjacent to an activating group) is 1. The van der Waals surface area contributed by atoms with Gasteiger partial charge in [-0.05, 0) is 73.6 Å². The molecule has 3 aliphatic rings. The van der Waals surface area contributed by atoms with E-state index in [0.717, 1.165) is 43.9 Å². The van der Waals surface area contributed by atoms with Crippen LogP contribution in [0.25, 0.3) is 11.1 Å². The van der Waals surface area contributed by atoms with Crippen LogP contribution in [0.5, 0.6) is 0 Å². The molecule has 3 aliphatic heterocycles. The maximum absolute atomic E-state index is 14.0. The molecule has 0 saturated carbocycles. The van der Waals surface area contributed by atoms with Crippen molar-refractivity contribution < 1.29 is 9.59 Å². The van der Waals surface area contributed by atoms with Gasteiger partial charge in [0, 0.05) is 45.0 Å². The fourth-order valence-electron chi connectivity index (χ4n) is 6.47. The molecule has 3 fully saturated rings. The number of imide groups is 1. The van der Waals surface area contributed by atoms with Crippen molar-refractivity contribution in [2.75, 3.05) is 42.5 Å². The first-order valence-electron chi connectivity index (χ1n) is 14.1. The Morgan fingerprint density at radius 1 is 0.821 bits per heavy atom. The van der Waals surface area contributed by atoms with Crippen molar-refractivity contribution in [1.82, 2.24) is 9.80 Å². The molecule has 3 aromatic rings. The van der Waals surface area contributed by atoms with Crippen molar-refractivity contribution in [3.8, 4) is 11.1 Å². The van der Waals surface area contributed by atoms with Crippen LogP contribution in [-0.4, -0.2) is 60.0 Å². The van der Waals surface area contributed by atoms with Gasteiger partial charge in [0.1, 0.15) is 5.54 Å². The number of piperidine rings is 1. The molecule has 0 aromatic heterocycles. The minimum Gasteiger partial charge on any atom is -0.372 e. The summed E-state index contributed by atoms with van der Waals surface area (Å²) in [6.45, 7) is 7.10. The lowest BCUT2D eigenvalue weighted by atomic mass is 9.85. The SMILES string of the molecule is CCN1C(=O)N(c2ccc(-c3ccccc3)cc2Cl)C(=O)C12CCN(Cc1ccc(N3CCCC3)cc1)CC2. The van der Waals surface area contributed by atoms with Crippen LogP contribution in [0.4, 0.5) is 16.2 Å². The molecule has 0 N–H and O–H groups in total. The Labute approximate surface area is 235 Å². The van der Waals surface area contributed by atoms with E-state index in [4.69, 9.17) is 11.6 Å². The standard InChI is InChI=1S/C32H35ClN4O2/c1-2-36-31(39)37(29-15-12-26(22-28(29)33)25-8-4-3-5-9-25)30(38)32(36)16-20-34(21-17-32)23-24-10-13-27(14-11-24)35-18-6-7-19-35/h3-5,8-15,22H,2,6-7,16-21,23H2,1H3. The van der Waals surface area contributed by atoms with Gasteiger partial charge in [-0.3, -0.25) is 9.69 Å². The van der Waals surface area contributed by atoms with Crippen LogP contribution >= 0.6 is 11.6 Å². The molecule has 3 heterocycles. The highest BCUT2D eigenvalue weighted by molar-refractivity contribution is 6.36. The quantitative estimate of drug-likeness (QED) is 0.337. The molecule has 202 valence electrons. The number of carbonyl (C=O) groups is 2. The zero-order valence-electron chi connectivity index (χ0n) is 22.5. The summed E-state index contributed by atoms with van der Waals surface area (Å²) in [5, 5.41) is 0.404. The Morgan fingerprint density at radius 2 is 1.51 bits per heavy atom. The fourth-order valence-corrected chi connectivity index (χ4v) is 6.74. The second kappa shape index (κ2) is 10.7. The molecule has 3 amide bonds. The van der Waals surface area contributed by atoms with Gasteiger partial charge in [-0.2, -0.15) is 0 Å². The Hall–Kier alpha value is -3.35. The molecular weight excluding hydrogens is 508 g/mol. The average molecular weight is 543 g/mol. The van der Waals surface area contributed by atoms with Crippen LogP contribution in [0, 0.1) is 0 Å². The Balaban J connectivity index is 1.17. The lowest BCUT2D eigenvalue weighted by molar-refractivity contribution is -0.127. The minimum absolute atomic E-state index is 0.154. The summed E-state index contributed by atoms with van der Waals surface area (Å²) >= 11 is 6.70. The first kappa shape index (κ1) is 25.9. The number of hydrogen-bond donors (Lipinski definition) is 0. The smallest absolute Gasteiger partial charge is 0.332 e. The summed E-state index contributed by atoms with van der Waals surface area (Å²) in [5.41, 5.74) is 4.22. The summed E-state index contributed by atoms with van der Waals surface area (Å²) in [5.74, 6) is -0.154. The van der Waals surface area contributed by atoms with E-state index in [2.05, 4.69) is 34.1 Å². The summed E-state index contributed by atoms with van der Waals surface area (Å²) < 4.78 is 0. The van der Waals surface area contributed by atoms with E-state index in [1.165, 1.54) is 29.0 Å². The third-order valence-electron chi connectivity index (χ3n) is 8.65. The van der Waals surface area contributed by atoms with Crippen molar-refractivity contribution in [3.05, 3.63) is 83.4 Å². The number of benzene rings is 3. The van der Waals surface area contributed by atoms with Gasteiger partial charge in [0.25, 0.3) is 5.91 Å². The van der Waals surface area contributed by atoms with Crippen LogP contribution in [0.1, 0.15) is 38.2 Å². The number of hydrogen-bond acceptors (Lipinski definition) is 4. The zero-order chi connectivity index (χ0) is 27.0. The molecule has 7 heteroatoms. The number of urea groups is 1. The number of halogens is 1. The molecule has 3 saturated heterocycles. The lowest BCUT2D eigenvalue weighted by Crippen LogP contribution is -2.56. The number of carbonyl (C=O) groups excluding carboxylic acids is 2. The van der Waals surface area contributed by atoms with Gasteiger partial charge in [-0.15, -0.1) is 0 Å². The number of rotatable bonds is 6. The second-order valence-electron chi connectivity index (χ2n) is 10.9. The summed E-state index contributed by atoms with van der Waals surface area (Å²) in [7, 11) is 0. The second-order valence-corrected chi connectivity index (χ2v) is 11.3. The Kier molecular flexibility index (Phi) is 7.08. The molecular formula is C32H35ClN4O2. The highest BCUT2D eigenvalue weighted by Crippen LogP contribution is 2.42. The fraction of sp³-hybridized carbons (Fsp3) is 0.375. The highest BCUT2D eigenvalue weighted by atomic mass is 35.5. The van der Waals surface area contributed by atoms with Gasteiger partial charge in [0.05, 0.1) is 10.7 Å². The third kappa shape index (κ3) is 4.70. The topological polar surface area (TPSA) is 47.1 Å². The van der Waals surface area contributed by atoms with Crippen molar-refractivity contribution >= 4 is 34.9 Å². The Bertz CT molecular complexity index is 1350. The first-order valence-corrected chi connectivity index (χ1v) is 14.5. The molecule has 6 nitrogen and oxygen atoms in total. The lowest BCUT2D eigenvalue weighted by Gasteiger charge is -2.41. The van der Waals surface area contributed by atoms with Gasteiger partial charge < -0.3 is 9.80 Å². The van der Waals surface area contributed by atoms with Crippen molar-refractivity contribution in [3.63, 3.8) is 0 Å². The molecule has 0 bridgehead atoms. The van der Waals surface area contributed by atoms with E-state index in [9.17, 15) is 9.59 Å². The number of nitrogens with zero attached hydrogens (tertiary/aromatic N) is 4. The molecule has 0 aliphatic carbocycles. The predicted octanol–water partition coefficient (Wildman–Crippen LogP) is 6.43. The number of amides is 3. The van der Waals surface area contributed by atoms with E-state index in [1.807, 2.05) is 49.4 Å². The normalized spacial score (nSPS) is 19.5. The van der Waals surface area contributed by atoms with Crippen LogP contribution in [0.3, 0.4) is 0 Å². The minimum atomic E-state index is -0.816. The zero-order valence-corrected chi connectivity index (χ0v) is 23.2. The van der Waals surface area contributed by atoms with Crippen LogP contribution in [0.15, 0.2) is 72.8 Å². The third-order valence-corrected chi connectivity index (χ3v) is 8.95. The maximum Gasteiger partial charge on any atom is 0.332 e. The van der Waals surface area contributed by atoms with E-state index in [1.54, 1.807) is 11.0 Å². The number of likely N-dealkylation sites (tertiary alicyclic amines) is 1. The van der Waals surface area contributed by atoms with Gasteiger partial charge in [0.2, 0.25) is 0 Å². The summed E-state index contributed by atoms with van der Waals surface area (Å²) in [6.07, 6.45) is 3.78. The van der Waals surface area contributed by atoms with Crippen LogP contribution < -0.4 is 9.80 Å². The summed E-state index contributed by atoms with van der Waals surface area (Å²) in [4.78, 5) is 35.5. The average Bonchev–Trinajstić information content (AvgIpc) is 3.57. The van der Waals surface area contributed by atoms with Crippen LogP contribution in [-0.2, 0) is 11.3 Å². The van der Waals surface area contributed by atoms with Gasteiger partial charge in [0.15, 0.2) is 0 Å².